The van der Waals surface area contributed by atoms with Crippen LogP contribution in [0.2, 0.25) is 0 Å². The fraction of sp³-hybridized carbons (Fsp3) is 0.660. The van der Waals surface area contributed by atoms with Crippen LogP contribution in [0.5, 0.6) is 0 Å². The Labute approximate surface area is 288 Å². The van der Waals surface area contributed by atoms with Gasteiger partial charge in [-0.05, 0) is 126 Å². The van der Waals surface area contributed by atoms with E-state index in [-0.39, 0.29) is 5.41 Å². The maximum Gasteiger partial charge on any atom is 0.00902 e. The molecular formula is C47H64. The Morgan fingerprint density at radius 2 is 0.723 bits per heavy atom. The van der Waals surface area contributed by atoms with E-state index >= 15 is 0 Å². The lowest BCUT2D eigenvalue weighted by Gasteiger charge is -2.39. The Morgan fingerprint density at radius 3 is 1.04 bits per heavy atom. The molecule has 0 amide bonds. The fourth-order valence-electron chi connectivity index (χ4n) is 12.5. The zero-order chi connectivity index (χ0) is 31.8. The van der Waals surface area contributed by atoms with Gasteiger partial charge in [0, 0.05) is 11.8 Å². The lowest BCUT2D eigenvalue weighted by molar-refractivity contribution is 0.188. The van der Waals surface area contributed by atoms with Gasteiger partial charge < -0.3 is 0 Å². The molecule has 47 heavy (non-hydrogen) atoms. The molecule has 0 heteroatoms. The molecule has 2 unspecified atom stereocenters. The van der Waals surface area contributed by atoms with Gasteiger partial charge in [-0.2, -0.15) is 0 Å². The highest BCUT2D eigenvalue weighted by molar-refractivity contribution is 5.79. The van der Waals surface area contributed by atoms with Crippen molar-refractivity contribution in [1.82, 2.24) is 0 Å². The van der Waals surface area contributed by atoms with Gasteiger partial charge in [-0.3, -0.25) is 0 Å². The second kappa shape index (κ2) is 14.0. The molecule has 6 aliphatic carbocycles. The predicted octanol–water partition coefficient (Wildman–Crippen LogP) is 13.9. The number of hydrogen-bond acceptors (Lipinski definition) is 0. The van der Waals surface area contributed by atoms with E-state index < -0.39 is 0 Å². The molecule has 2 aromatic carbocycles. The number of benzene rings is 2. The van der Waals surface area contributed by atoms with Gasteiger partial charge in [-0.15, -0.1) is 0 Å². The lowest BCUT2D eigenvalue weighted by atomic mass is 9.65. The highest BCUT2D eigenvalue weighted by Gasteiger charge is 2.47. The lowest BCUT2D eigenvalue weighted by Crippen LogP contribution is -2.28. The third-order valence-corrected chi connectivity index (χ3v) is 14.9. The van der Waals surface area contributed by atoms with Gasteiger partial charge >= 0.3 is 0 Å². The van der Waals surface area contributed by atoms with Crippen molar-refractivity contribution in [1.29, 1.82) is 0 Å². The third kappa shape index (κ3) is 6.16. The van der Waals surface area contributed by atoms with Gasteiger partial charge in [0.05, 0.1) is 0 Å². The molecule has 0 bridgehead atoms. The van der Waals surface area contributed by atoms with Crippen LogP contribution in [0.4, 0.5) is 0 Å². The average Bonchev–Trinajstić information content (AvgIpc) is 3.71. The first-order valence-corrected chi connectivity index (χ1v) is 20.7. The zero-order valence-electron chi connectivity index (χ0n) is 30.0. The predicted molar refractivity (Wildman–Crippen MR) is 201 cm³/mol. The maximum atomic E-state index is 2.88. The van der Waals surface area contributed by atoms with Crippen molar-refractivity contribution < 1.29 is 0 Å². The fourth-order valence-corrected chi connectivity index (χ4v) is 12.5. The monoisotopic (exact) mass is 629 g/mol. The molecule has 2 aromatic rings. The van der Waals surface area contributed by atoms with Crippen molar-refractivity contribution in [3.63, 3.8) is 0 Å². The molecule has 4 saturated carbocycles. The summed E-state index contributed by atoms with van der Waals surface area (Å²) in [5.41, 5.74) is 10.2. The molecule has 0 spiro atoms. The third-order valence-electron chi connectivity index (χ3n) is 14.9. The van der Waals surface area contributed by atoms with Crippen LogP contribution in [-0.4, -0.2) is 0 Å². The first kappa shape index (κ1) is 32.1. The van der Waals surface area contributed by atoms with Gasteiger partial charge in [-0.1, -0.05) is 152 Å². The summed E-state index contributed by atoms with van der Waals surface area (Å²) in [6, 6.07) is 19.5. The molecular weight excluding hydrogens is 565 g/mol. The number of hydrogen-bond donors (Lipinski definition) is 0. The first-order valence-electron chi connectivity index (χ1n) is 20.7. The standard InChI is InChI=1S/C47H64/c1-47(2,43-31-41(37-27-15-17-29-39(37)43)45(33-19-7-3-8-20-33)34-21-9-4-10-22-34)44-32-42(38-28-16-18-30-40(38)44)46(35-23-11-5-12-24-35)36-25-13-6-14-26-36/h15-18,27-36,43-46H,3-14,19-26H2,1-2H3. The van der Waals surface area contributed by atoms with Crippen molar-refractivity contribution in [2.75, 3.05) is 0 Å². The van der Waals surface area contributed by atoms with Crippen LogP contribution in [0.3, 0.4) is 0 Å². The number of rotatable bonds is 8. The maximum absolute atomic E-state index is 2.88. The highest BCUT2D eigenvalue weighted by Crippen LogP contribution is 2.61. The van der Waals surface area contributed by atoms with Crippen LogP contribution in [-0.2, 0) is 0 Å². The second-order valence-electron chi connectivity index (χ2n) is 17.8. The summed E-state index contributed by atoms with van der Waals surface area (Å²) in [5.74, 6) is 6.02. The molecule has 2 atom stereocenters. The van der Waals surface area contributed by atoms with E-state index in [0.29, 0.717) is 11.8 Å². The van der Waals surface area contributed by atoms with Gasteiger partial charge in [-0.25, -0.2) is 0 Å². The van der Waals surface area contributed by atoms with Crippen LogP contribution in [0, 0.1) is 40.9 Å². The average molecular weight is 629 g/mol. The Kier molecular flexibility index (Phi) is 9.60. The molecule has 0 radical (unpaired) electrons. The van der Waals surface area contributed by atoms with Crippen LogP contribution in [0.1, 0.15) is 176 Å². The Hall–Kier alpha value is -2.08. The summed E-state index contributed by atoms with van der Waals surface area (Å²) in [6.45, 7) is 5.31. The first-order chi connectivity index (χ1) is 23.1. The van der Waals surface area contributed by atoms with Crippen molar-refractivity contribution >= 4 is 11.1 Å². The van der Waals surface area contributed by atoms with E-state index in [1.807, 2.05) is 0 Å². The minimum Gasteiger partial charge on any atom is -0.0723 e. The molecule has 0 heterocycles. The van der Waals surface area contributed by atoms with E-state index in [9.17, 15) is 0 Å². The van der Waals surface area contributed by atoms with E-state index in [4.69, 9.17) is 0 Å². The van der Waals surface area contributed by atoms with Crippen LogP contribution >= 0.6 is 0 Å². The second-order valence-corrected chi connectivity index (χ2v) is 17.8. The molecule has 0 saturated heterocycles. The summed E-state index contributed by atoms with van der Waals surface area (Å²) in [4.78, 5) is 0. The minimum atomic E-state index is 0.114. The summed E-state index contributed by atoms with van der Waals surface area (Å²) >= 11 is 0. The van der Waals surface area contributed by atoms with Crippen molar-refractivity contribution in [3.8, 4) is 0 Å². The summed E-state index contributed by atoms with van der Waals surface area (Å²) in [6.07, 6.45) is 34.9. The Morgan fingerprint density at radius 1 is 0.426 bits per heavy atom. The molecule has 0 nitrogen and oxygen atoms in total. The molecule has 4 fully saturated rings. The van der Waals surface area contributed by atoms with Crippen LogP contribution in [0.25, 0.3) is 11.1 Å². The zero-order valence-corrected chi connectivity index (χ0v) is 30.0. The molecule has 0 aliphatic heterocycles. The van der Waals surface area contributed by atoms with E-state index in [1.165, 1.54) is 128 Å². The van der Waals surface area contributed by atoms with Gasteiger partial charge in [0.15, 0.2) is 0 Å². The normalized spacial score (nSPS) is 26.8. The number of allylic oxidation sites excluding steroid dienone is 4. The Bertz CT molecular complexity index is 1270. The summed E-state index contributed by atoms with van der Waals surface area (Å²) < 4.78 is 0. The van der Waals surface area contributed by atoms with E-state index in [1.54, 1.807) is 33.4 Å². The minimum absolute atomic E-state index is 0.114. The topological polar surface area (TPSA) is 0 Å². The summed E-state index contributed by atoms with van der Waals surface area (Å²) in [7, 11) is 0. The molecule has 8 rings (SSSR count). The van der Waals surface area contributed by atoms with Gasteiger partial charge in [0.1, 0.15) is 0 Å². The van der Waals surface area contributed by atoms with Crippen LogP contribution < -0.4 is 0 Å². The highest BCUT2D eigenvalue weighted by atomic mass is 14.5. The molecule has 0 N–H and O–H groups in total. The summed E-state index contributed by atoms with van der Waals surface area (Å²) in [5, 5.41) is 0. The largest absolute Gasteiger partial charge is 0.0723 e. The smallest absolute Gasteiger partial charge is 0.00902 e. The van der Waals surface area contributed by atoms with E-state index in [2.05, 4.69) is 74.5 Å². The molecule has 6 aliphatic rings. The SMILES string of the molecule is CC(C)(C1C=C(C(C2CCCCC2)C2CCCCC2)c2ccccc21)C1C=C(C(C2CCCCC2)C2CCCCC2)c2ccccc21. The molecule has 252 valence electrons. The van der Waals surface area contributed by atoms with Gasteiger partial charge in [0.25, 0.3) is 0 Å². The quantitative estimate of drug-likeness (QED) is 0.273. The van der Waals surface area contributed by atoms with Crippen LogP contribution in [0.15, 0.2) is 60.7 Å². The van der Waals surface area contributed by atoms with Gasteiger partial charge in [0.2, 0.25) is 0 Å². The Balaban J connectivity index is 1.19. The number of fused-ring (bicyclic) bond motifs is 2. The van der Waals surface area contributed by atoms with Crippen molar-refractivity contribution in [3.05, 3.63) is 82.9 Å². The van der Waals surface area contributed by atoms with Crippen molar-refractivity contribution in [2.24, 2.45) is 40.9 Å². The van der Waals surface area contributed by atoms with Crippen molar-refractivity contribution in [2.45, 2.75) is 154 Å². The van der Waals surface area contributed by atoms with E-state index in [0.717, 1.165) is 35.5 Å². The molecule has 0 aromatic heterocycles.